The summed E-state index contributed by atoms with van der Waals surface area (Å²) in [6.45, 7) is 5.73. The molecule has 0 aliphatic heterocycles. The molecule has 1 aromatic carbocycles. The van der Waals surface area contributed by atoms with Crippen LogP contribution in [0.4, 0.5) is 0 Å². The van der Waals surface area contributed by atoms with Gasteiger partial charge in [-0.1, -0.05) is 31.2 Å². The zero-order valence-electron chi connectivity index (χ0n) is 11.5. The van der Waals surface area contributed by atoms with Crippen LogP contribution in [0.1, 0.15) is 31.9 Å². The molecule has 4 nitrogen and oxygen atoms in total. The number of hydrogen-bond acceptors (Lipinski definition) is 3. The third-order valence-corrected chi connectivity index (χ3v) is 3.16. The van der Waals surface area contributed by atoms with E-state index >= 15 is 0 Å². The van der Waals surface area contributed by atoms with Gasteiger partial charge in [0.05, 0.1) is 5.69 Å². The van der Waals surface area contributed by atoms with E-state index in [4.69, 9.17) is 5.73 Å². The molecule has 0 bridgehead atoms. The second kappa shape index (κ2) is 4.97. The number of rotatable bonds is 3. The summed E-state index contributed by atoms with van der Waals surface area (Å²) in [5.74, 6) is 0. The third-order valence-electron chi connectivity index (χ3n) is 3.16. The number of H-pyrrole nitrogens is 1. The molecular formula is C15H19N3O. The number of nitrogens with one attached hydrogen (secondary N) is 1. The molecule has 19 heavy (non-hydrogen) atoms. The molecule has 4 heteroatoms. The molecule has 3 N–H and O–H groups in total. The van der Waals surface area contributed by atoms with Gasteiger partial charge in [-0.15, -0.1) is 0 Å². The van der Waals surface area contributed by atoms with E-state index in [-0.39, 0.29) is 5.56 Å². The monoisotopic (exact) mass is 257 g/mol. The van der Waals surface area contributed by atoms with Crippen LogP contribution in [0.5, 0.6) is 0 Å². The van der Waals surface area contributed by atoms with Crippen molar-refractivity contribution in [3.8, 4) is 11.3 Å². The van der Waals surface area contributed by atoms with Crippen LogP contribution >= 0.6 is 0 Å². The van der Waals surface area contributed by atoms with Gasteiger partial charge in [0.15, 0.2) is 0 Å². The summed E-state index contributed by atoms with van der Waals surface area (Å²) in [4.78, 5) is 11.8. The lowest BCUT2D eigenvalue weighted by Gasteiger charge is -2.18. The van der Waals surface area contributed by atoms with Crippen LogP contribution < -0.4 is 11.3 Å². The number of aryl methyl sites for hydroxylation is 1. The lowest BCUT2D eigenvalue weighted by molar-refractivity contribution is 0.544. The summed E-state index contributed by atoms with van der Waals surface area (Å²) in [7, 11) is 0. The molecule has 1 aromatic heterocycles. The SMILES string of the molecule is CCc1ccc(-c2cc(C(C)(C)N)c(=O)[nH]n2)cc1. The second-order valence-corrected chi connectivity index (χ2v) is 5.27. The van der Waals surface area contributed by atoms with Crippen molar-refractivity contribution in [3.05, 3.63) is 51.8 Å². The Labute approximate surface area is 112 Å². The van der Waals surface area contributed by atoms with E-state index < -0.39 is 5.54 Å². The van der Waals surface area contributed by atoms with Gasteiger partial charge in [-0.2, -0.15) is 5.10 Å². The molecule has 100 valence electrons. The van der Waals surface area contributed by atoms with Crippen LogP contribution in [0, 0.1) is 0 Å². The molecule has 0 radical (unpaired) electrons. The van der Waals surface area contributed by atoms with Crippen molar-refractivity contribution in [1.82, 2.24) is 10.2 Å². The minimum atomic E-state index is -0.686. The van der Waals surface area contributed by atoms with Crippen LogP contribution in [0.15, 0.2) is 35.1 Å². The van der Waals surface area contributed by atoms with Crippen molar-refractivity contribution in [3.63, 3.8) is 0 Å². The Balaban J connectivity index is 2.48. The first-order valence-corrected chi connectivity index (χ1v) is 6.40. The van der Waals surface area contributed by atoms with Crippen molar-refractivity contribution >= 4 is 0 Å². The predicted molar refractivity (Wildman–Crippen MR) is 76.9 cm³/mol. The molecule has 0 saturated heterocycles. The standard InChI is InChI=1S/C15H19N3O/c1-4-10-5-7-11(8-6-10)13-9-12(15(2,3)16)14(19)18-17-13/h5-9H,4,16H2,1-3H3,(H,18,19). The van der Waals surface area contributed by atoms with Gasteiger partial charge in [-0.05, 0) is 31.9 Å². The average molecular weight is 257 g/mol. The number of nitrogens with zero attached hydrogens (tertiary/aromatic N) is 1. The van der Waals surface area contributed by atoms with Crippen molar-refractivity contribution < 1.29 is 0 Å². The summed E-state index contributed by atoms with van der Waals surface area (Å²) in [6, 6.07) is 9.91. The van der Waals surface area contributed by atoms with Crippen LogP contribution in [0.3, 0.4) is 0 Å². The maximum absolute atomic E-state index is 11.8. The summed E-state index contributed by atoms with van der Waals surface area (Å²) in [5.41, 5.74) is 8.60. The fourth-order valence-corrected chi connectivity index (χ4v) is 1.94. The van der Waals surface area contributed by atoms with Gasteiger partial charge in [-0.3, -0.25) is 4.79 Å². The second-order valence-electron chi connectivity index (χ2n) is 5.27. The Morgan fingerprint density at radius 1 is 1.26 bits per heavy atom. The highest BCUT2D eigenvalue weighted by Gasteiger charge is 2.19. The number of aromatic amines is 1. The molecular weight excluding hydrogens is 238 g/mol. The molecule has 0 fully saturated rings. The Morgan fingerprint density at radius 3 is 2.42 bits per heavy atom. The van der Waals surface area contributed by atoms with E-state index in [1.54, 1.807) is 6.07 Å². The molecule has 0 aliphatic carbocycles. The van der Waals surface area contributed by atoms with E-state index in [1.165, 1.54) is 5.56 Å². The van der Waals surface area contributed by atoms with E-state index in [1.807, 2.05) is 26.0 Å². The van der Waals surface area contributed by atoms with Crippen LogP contribution in [0.2, 0.25) is 0 Å². The molecule has 2 aromatic rings. The van der Waals surface area contributed by atoms with Gasteiger partial charge in [-0.25, -0.2) is 5.10 Å². The third kappa shape index (κ3) is 2.90. The lowest BCUT2D eigenvalue weighted by Crippen LogP contribution is -2.35. The van der Waals surface area contributed by atoms with Gasteiger partial charge >= 0.3 is 0 Å². The Hall–Kier alpha value is -1.94. The van der Waals surface area contributed by atoms with Crippen LogP contribution in [-0.4, -0.2) is 10.2 Å². The molecule has 2 rings (SSSR count). The molecule has 0 unspecified atom stereocenters. The number of benzene rings is 1. The molecule has 0 amide bonds. The van der Waals surface area contributed by atoms with E-state index in [9.17, 15) is 4.79 Å². The van der Waals surface area contributed by atoms with E-state index in [0.717, 1.165) is 17.7 Å². The van der Waals surface area contributed by atoms with E-state index in [0.29, 0.717) is 5.56 Å². The first kappa shape index (κ1) is 13.5. The molecule has 0 spiro atoms. The van der Waals surface area contributed by atoms with Crippen molar-refractivity contribution in [2.24, 2.45) is 5.73 Å². The van der Waals surface area contributed by atoms with Gasteiger partial charge < -0.3 is 5.73 Å². The lowest BCUT2D eigenvalue weighted by atomic mass is 9.96. The number of nitrogens with two attached hydrogens (primary N) is 1. The van der Waals surface area contributed by atoms with Crippen molar-refractivity contribution in [2.75, 3.05) is 0 Å². The minimum Gasteiger partial charge on any atom is -0.322 e. The Bertz CT molecular complexity index is 621. The fraction of sp³-hybridized carbons (Fsp3) is 0.333. The normalized spacial score (nSPS) is 11.6. The van der Waals surface area contributed by atoms with Gasteiger partial charge in [0.1, 0.15) is 0 Å². The van der Waals surface area contributed by atoms with E-state index in [2.05, 4.69) is 29.3 Å². The summed E-state index contributed by atoms with van der Waals surface area (Å²) >= 11 is 0. The first-order valence-electron chi connectivity index (χ1n) is 6.40. The Kier molecular flexibility index (Phi) is 3.53. The zero-order chi connectivity index (χ0) is 14.0. The van der Waals surface area contributed by atoms with Gasteiger partial charge in [0.2, 0.25) is 0 Å². The van der Waals surface area contributed by atoms with Crippen LogP contribution in [0.25, 0.3) is 11.3 Å². The average Bonchev–Trinajstić information content (AvgIpc) is 2.38. The quantitative estimate of drug-likeness (QED) is 0.885. The maximum atomic E-state index is 11.8. The van der Waals surface area contributed by atoms with Gasteiger partial charge in [0.25, 0.3) is 5.56 Å². The number of hydrogen-bond donors (Lipinski definition) is 2. The summed E-state index contributed by atoms with van der Waals surface area (Å²) in [6.07, 6.45) is 1.00. The van der Waals surface area contributed by atoms with Crippen molar-refractivity contribution in [1.29, 1.82) is 0 Å². The molecule has 0 aliphatic rings. The van der Waals surface area contributed by atoms with Crippen LogP contribution in [-0.2, 0) is 12.0 Å². The highest BCUT2D eigenvalue weighted by Crippen LogP contribution is 2.20. The highest BCUT2D eigenvalue weighted by molar-refractivity contribution is 5.59. The zero-order valence-corrected chi connectivity index (χ0v) is 11.5. The molecule has 1 heterocycles. The summed E-state index contributed by atoms with van der Waals surface area (Å²) < 4.78 is 0. The topological polar surface area (TPSA) is 71.8 Å². The largest absolute Gasteiger partial charge is 0.322 e. The molecule has 0 atom stereocenters. The fourth-order valence-electron chi connectivity index (χ4n) is 1.94. The van der Waals surface area contributed by atoms with Crippen molar-refractivity contribution in [2.45, 2.75) is 32.7 Å². The smallest absolute Gasteiger partial charge is 0.269 e. The van der Waals surface area contributed by atoms with Gasteiger partial charge in [0, 0.05) is 16.7 Å². The highest BCUT2D eigenvalue weighted by atomic mass is 16.1. The predicted octanol–water partition coefficient (Wildman–Crippen LogP) is 2.19. The molecule has 0 saturated carbocycles. The minimum absolute atomic E-state index is 0.235. The first-order chi connectivity index (χ1) is 8.91. The maximum Gasteiger partial charge on any atom is 0.269 e. The Morgan fingerprint density at radius 2 is 1.89 bits per heavy atom. The number of aromatic nitrogens is 2. The summed E-state index contributed by atoms with van der Waals surface area (Å²) in [5, 5.41) is 6.60.